The number of ether oxygens (including phenoxy) is 3. The molecule has 5 unspecified atom stereocenters. The van der Waals surface area contributed by atoms with Crippen LogP contribution in [-0.4, -0.2) is 86.8 Å². The highest BCUT2D eigenvalue weighted by atomic mass is 31.3. The molecule has 4 N–H and O–H groups in total. The van der Waals surface area contributed by atoms with Crippen LogP contribution in [0.15, 0.2) is 43.0 Å². The number of phosphoric ester groups is 1. The second-order valence-electron chi connectivity index (χ2n) is 11.4. The summed E-state index contributed by atoms with van der Waals surface area (Å²) in [5.41, 5.74) is 1.20. The maximum atomic E-state index is 12.8. The highest BCUT2D eigenvalue weighted by Crippen LogP contribution is 2.57. The van der Waals surface area contributed by atoms with Crippen LogP contribution in [0.4, 0.5) is 10.6 Å². The van der Waals surface area contributed by atoms with E-state index in [0.29, 0.717) is 18.5 Å². The molecule has 1 aromatic carbocycles. The van der Waals surface area contributed by atoms with Gasteiger partial charge in [0.2, 0.25) is 0 Å². The third-order valence-electron chi connectivity index (χ3n) is 8.03. The van der Waals surface area contributed by atoms with Gasteiger partial charge >= 0.3 is 12.0 Å². The number of aliphatic carboxylic acids is 1. The van der Waals surface area contributed by atoms with E-state index in [2.05, 4.69) is 35.2 Å². The number of carbonyl (C=O) groups is 2. The number of hydrogen-bond acceptors (Lipinski definition) is 15. The Hall–Kier alpha value is -3.35. The number of benzene rings is 1. The number of amides is 2. The van der Waals surface area contributed by atoms with Crippen LogP contribution in [0.1, 0.15) is 37.8 Å². The lowest BCUT2D eigenvalue weighted by Gasteiger charge is -2.36. The van der Waals surface area contributed by atoms with Crippen molar-refractivity contribution in [3.63, 3.8) is 0 Å². The largest absolute Gasteiger partial charge is 0.778 e. The van der Waals surface area contributed by atoms with E-state index >= 15 is 0 Å². The van der Waals surface area contributed by atoms with E-state index in [1.54, 1.807) is 31.2 Å². The number of imidazole rings is 1. The van der Waals surface area contributed by atoms with Crippen LogP contribution < -0.4 is 25.7 Å². The molecule has 21 heteroatoms. The first-order valence-corrected chi connectivity index (χ1v) is 18.3. The maximum absolute atomic E-state index is 12.8. The molecule has 2 amide bonds. The Bertz CT molecular complexity index is 1730. The summed E-state index contributed by atoms with van der Waals surface area (Å²) >= 11 is 0. The predicted molar refractivity (Wildman–Crippen MR) is 160 cm³/mol. The number of carboxylic acid groups (broad SMARTS) is 1. The van der Waals surface area contributed by atoms with Crippen LogP contribution >= 0.6 is 15.4 Å². The number of nitrogens with one attached hydrogen (secondary N) is 3. The lowest BCUT2D eigenvalue weighted by atomic mass is 9.94. The van der Waals surface area contributed by atoms with Gasteiger partial charge in [-0.3, -0.25) is 23.6 Å². The highest BCUT2D eigenvalue weighted by Gasteiger charge is 2.54. The number of urea groups is 1. The minimum atomic E-state index is -5.44. The molecule has 6 rings (SSSR count). The van der Waals surface area contributed by atoms with Gasteiger partial charge in [0.05, 0.1) is 12.9 Å². The zero-order chi connectivity index (χ0) is 34.1. The Labute approximate surface area is 273 Å². The van der Waals surface area contributed by atoms with E-state index in [1.165, 1.54) is 17.2 Å². The molecule has 0 saturated carbocycles. The standard InChI is InChI=1S/C27H35N7O12P2/c1-2-28-27(37)33-22-19-23(31-13-30-22)34(14-32-19)24-21-20(44-26(45-21)16-6-4-3-5-7-16)18(43-24)11-42-48(40,41)46-47(38,39)12-15-8-9-29-17(10-15)25(35)36/h3-7,13-15,17-18,20-21,24,26,29H,2,8-12H2,1H3,(H,35,36)(H,38,39)(H,40,41)(H2,28,30,31,33,37)/p-2/t15?,17?,18-,20?,21+,24-,26-/m1/s1. The lowest BCUT2D eigenvalue weighted by Crippen LogP contribution is -2.44. The molecule has 0 bridgehead atoms. The van der Waals surface area contributed by atoms with Crippen molar-refractivity contribution < 1.29 is 56.7 Å². The summed E-state index contributed by atoms with van der Waals surface area (Å²) in [5, 5.41) is 17.2. The van der Waals surface area contributed by atoms with Gasteiger partial charge in [0, 0.05) is 18.3 Å². The van der Waals surface area contributed by atoms with Gasteiger partial charge in [-0.1, -0.05) is 30.3 Å². The fraction of sp³-hybridized carbons (Fsp3) is 0.519. The number of phosphoric acid groups is 1. The second kappa shape index (κ2) is 14.2. The van der Waals surface area contributed by atoms with Crippen LogP contribution in [0.3, 0.4) is 0 Å². The number of aromatic nitrogens is 4. The molecule has 9 atom stereocenters. The third-order valence-corrected chi connectivity index (χ3v) is 11.3. The minimum absolute atomic E-state index is 0.00737. The summed E-state index contributed by atoms with van der Waals surface area (Å²) in [6.07, 6.45) is -2.40. The summed E-state index contributed by atoms with van der Waals surface area (Å²) in [7, 11) is -10.4. The topological polar surface area (TPSA) is 260 Å². The molecule has 19 nitrogen and oxygen atoms in total. The lowest BCUT2D eigenvalue weighted by molar-refractivity contribution is -0.235. The van der Waals surface area contributed by atoms with Gasteiger partial charge in [-0.05, 0) is 32.2 Å². The molecule has 48 heavy (non-hydrogen) atoms. The summed E-state index contributed by atoms with van der Waals surface area (Å²) in [4.78, 5) is 61.7. The summed E-state index contributed by atoms with van der Waals surface area (Å²) in [6, 6.07) is 7.55. The third kappa shape index (κ3) is 7.76. The molecule has 0 spiro atoms. The zero-order valence-electron chi connectivity index (χ0n) is 25.4. The molecule has 0 radical (unpaired) electrons. The fourth-order valence-corrected chi connectivity index (χ4v) is 8.91. The van der Waals surface area contributed by atoms with Crippen molar-refractivity contribution >= 4 is 44.4 Å². The smallest absolute Gasteiger partial charge is 0.320 e. The monoisotopic (exact) mass is 709 g/mol. The summed E-state index contributed by atoms with van der Waals surface area (Å²) in [6.45, 7) is 1.71. The van der Waals surface area contributed by atoms with Crippen molar-refractivity contribution in [1.29, 1.82) is 0 Å². The van der Waals surface area contributed by atoms with Crippen molar-refractivity contribution in [2.45, 2.75) is 56.6 Å². The molecular weight excluding hydrogens is 676 g/mol. The van der Waals surface area contributed by atoms with Crippen LogP contribution in [0.5, 0.6) is 0 Å². The minimum Gasteiger partial charge on any atom is -0.778 e. The van der Waals surface area contributed by atoms with Crippen molar-refractivity contribution in [2.24, 2.45) is 5.92 Å². The Morgan fingerprint density at radius 3 is 2.65 bits per heavy atom. The second-order valence-corrected chi connectivity index (χ2v) is 14.8. The molecule has 3 aromatic rings. The van der Waals surface area contributed by atoms with E-state index < -0.39 is 83.0 Å². The number of rotatable bonds is 12. The molecule has 260 valence electrons. The van der Waals surface area contributed by atoms with Crippen LogP contribution in [0.2, 0.25) is 0 Å². The first kappa shape index (κ1) is 34.5. The highest BCUT2D eigenvalue weighted by molar-refractivity contribution is 7.62. The number of hydrogen-bond donors (Lipinski definition) is 4. The van der Waals surface area contributed by atoms with E-state index in [-0.39, 0.29) is 29.9 Å². The van der Waals surface area contributed by atoms with Gasteiger partial charge in [-0.25, -0.2) is 19.7 Å². The summed E-state index contributed by atoms with van der Waals surface area (Å²) < 4.78 is 55.1. The SMILES string of the molecule is CCNC(=O)Nc1ncnc2c1ncn2[C@@H]1O[C@H](COP(=O)([O-])OP(=O)([O-])CC2CCNC(C(=O)O)C2)C2O[C@@H](c3ccccc3)O[C@@H]21. The van der Waals surface area contributed by atoms with Gasteiger partial charge in [-0.2, -0.15) is 0 Å². The molecule has 3 fully saturated rings. The van der Waals surface area contributed by atoms with Gasteiger partial charge in [0.1, 0.15) is 38.3 Å². The fourth-order valence-electron chi connectivity index (χ4n) is 5.94. The number of carboxylic acids is 1. The van der Waals surface area contributed by atoms with Gasteiger partial charge < -0.3 is 48.8 Å². The van der Waals surface area contributed by atoms with Crippen molar-refractivity contribution in [2.75, 3.05) is 31.2 Å². The van der Waals surface area contributed by atoms with E-state index in [4.69, 9.17) is 18.7 Å². The van der Waals surface area contributed by atoms with Gasteiger partial charge in [0.25, 0.3) is 7.82 Å². The van der Waals surface area contributed by atoms with Crippen LogP contribution in [-0.2, 0) is 37.0 Å². The van der Waals surface area contributed by atoms with Gasteiger partial charge in [-0.15, -0.1) is 0 Å². The van der Waals surface area contributed by atoms with Crippen LogP contribution in [0, 0.1) is 5.92 Å². The Morgan fingerprint density at radius 1 is 1.12 bits per heavy atom. The Balaban J connectivity index is 1.18. The van der Waals surface area contributed by atoms with E-state index in [9.17, 15) is 33.6 Å². The Kier molecular flexibility index (Phi) is 10.2. The maximum Gasteiger partial charge on any atom is 0.320 e. The van der Waals surface area contributed by atoms with Crippen molar-refractivity contribution in [1.82, 2.24) is 30.2 Å². The molecule has 3 aliphatic rings. The van der Waals surface area contributed by atoms with E-state index in [0.717, 1.165) is 0 Å². The average molecular weight is 710 g/mol. The number of fused-ring (bicyclic) bond motifs is 2. The van der Waals surface area contributed by atoms with E-state index in [1.807, 2.05) is 6.07 Å². The molecule has 3 saturated heterocycles. The quantitative estimate of drug-likeness (QED) is 0.190. The van der Waals surface area contributed by atoms with Gasteiger partial charge in [0.15, 0.2) is 29.5 Å². The molecule has 5 heterocycles. The zero-order valence-corrected chi connectivity index (χ0v) is 27.2. The molecule has 2 aromatic heterocycles. The average Bonchev–Trinajstić information content (AvgIpc) is 3.75. The van der Waals surface area contributed by atoms with Crippen molar-refractivity contribution in [3.8, 4) is 0 Å². The Morgan fingerprint density at radius 2 is 1.90 bits per heavy atom. The number of nitrogens with zero attached hydrogens (tertiary/aromatic N) is 4. The number of anilines is 1. The molecule has 3 aliphatic heterocycles. The molecule has 0 aliphatic carbocycles. The van der Waals surface area contributed by atoms with Crippen molar-refractivity contribution in [3.05, 3.63) is 48.5 Å². The number of piperidine rings is 1. The first-order chi connectivity index (χ1) is 22.9. The van der Waals surface area contributed by atoms with Crippen LogP contribution in [0.25, 0.3) is 11.2 Å². The normalized spacial score (nSPS) is 29.5. The number of carbonyl (C=O) groups excluding carboxylic acids is 1. The predicted octanol–water partition coefficient (Wildman–Crippen LogP) is 0.856. The molecular formula is C27H33N7O12P2-2. The summed E-state index contributed by atoms with van der Waals surface area (Å²) in [5.74, 6) is -1.62. The first-order valence-electron chi connectivity index (χ1n) is 15.1.